The van der Waals surface area contributed by atoms with E-state index in [-0.39, 0.29) is 11.6 Å². The minimum atomic E-state index is -1.04. The number of hydrogen-bond donors (Lipinski definition) is 1. The van der Waals surface area contributed by atoms with E-state index in [4.69, 9.17) is 16.7 Å². The largest absolute Gasteiger partial charge is 0.480 e. The van der Waals surface area contributed by atoms with Crippen molar-refractivity contribution in [3.05, 3.63) is 35.2 Å². The van der Waals surface area contributed by atoms with Crippen molar-refractivity contribution >= 4 is 39.7 Å². The van der Waals surface area contributed by atoms with Crippen LogP contribution in [0.25, 0.3) is 10.7 Å². The van der Waals surface area contributed by atoms with Gasteiger partial charge in [0.1, 0.15) is 0 Å². The molecule has 3 heterocycles. The van der Waals surface area contributed by atoms with Gasteiger partial charge in [0.05, 0.1) is 21.8 Å². The van der Waals surface area contributed by atoms with Crippen LogP contribution in [0, 0.1) is 5.82 Å². The number of benzene rings is 1. The highest BCUT2D eigenvalue weighted by atomic mass is 35.5. The number of hydrogen-bond acceptors (Lipinski definition) is 8. The van der Waals surface area contributed by atoms with Gasteiger partial charge in [0.15, 0.2) is 17.5 Å². The lowest BCUT2D eigenvalue weighted by molar-refractivity contribution is -0.138. The second-order valence-corrected chi connectivity index (χ2v) is 7.51. The molecule has 0 spiro atoms. The van der Waals surface area contributed by atoms with Gasteiger partial charge in [-0.25, -0.2) is 9.37 Å². The summed E-state index contributed by atoms with van der Waals surface area (Å²) in [5.41, 5.74) is 0.506. The monoisotopic (exact) mass is 423 g/mol. The Kier molecular flexibility index (Phi) is 5.09. The van der Waals surface area contributed by atoms with E-state index in [2.05, 4.69) is 25.3 Å². The fourth-order valence-electron chi connectivity index (χ4n) is 2.92. The van der Waals surface area contributed by atoms with Gasteiger partial charge in [0, 0.05) is 26.2 Å². The summed E-state index contributed by atoms with van der Waals surface area (Å²) >= 11 is 7.28. The molecule has 146 valence electrons. The first kappa shape index (κ1) is 18.6. The van der Waals surface area contributed by atoms with Gasteiger partial charge >= 0.3 is 5.97 Å². The molecule has 4 rings (SSSR count). The Labute approximate surface area is 168 Å². The van der Waals surface area contributed by atoms with Gasteiger partial charge in [-0.2, -0.15) is 4.80 Å². The maximum atomic E-state index is 14.2. The van der Waals surface area contributed by atoms with Crippen molar-refractivity contribution in [2.24, 2.45) is 0 Å². The summed E-state index contributed by atoms with van der Waals surface area (Å²) in [6, 6.07) is 5.00. The van der Waals surface area contributed by atoms with Crippen molar-refractivity contribution in [1.82, 2.24) is 25.2 Å². The highest BCUT2D eigenvalue weighted by Crippen LogP contribution is 2.31. The first-order valence-corrected chi connectivity index (χ1v) is 9.60. The lowest BCUT2D eigenvalue weighted by atomic mass is 10.2. The van der Waals surface area contributed by atoms with Crippen molar-refractivity contribution in [3.63, 3.8) is 0 Å². The van der Waals surface area contributed by atoms with Crippen molar-refractivity contribution in [2.45, 2.75) is 6.54 Å². The van der Waals surface area contributed by atoms with E-state index >= 15 is 0 Å². The molecule has 1 aromatic carbocycles. The molecule has 0 radical (unpaired) electrons. The molecule has 1 N–H and O–H groups in total. The molecule has 0 amide bonds. The predicted molar refractivity (Wildman–Crippen MR) is 102 cm³/mol. The number of carbonyl (C=O) groups is 1. The Bertz CT molecular complexity index is 1000. The van der Waals surface area contributed by atoms with Gasteiger partial charge in [-0.1, -0.05) is 29.0 Å². The highest BCUT2D eigenvalue weighted by Gasteiger charge is 2.23. The number of carboxylic acid groups (broad SMARTS) is 1. The molecule has 9 nitrogen and oxygen atoms in total. The second-order valence-electron chi connectivity index (χ2n) is 6.09. The summed E-state index contributed by atoms with van der Waals surface area (Å²) in [6.45, 7) is 2.29. The molecule has 2 aromatic heterocycles. The maximum absolute atomic E-state index is 14.2. The van der Waals surface area contributed by atoms with E-state index in [9.17, 15) is 9.18 Å². The third kappa shape index (κ3) is 3.76. The van der Waals surface area contributed by atoms with Crippen LogP contribution in [0.4, 0.5) is 15.2 Å². The summed E-state index contributed by atoms with van der Waals surface area (Å²) in [4.78, 5) is 20.9. The Morgan fingerprint density at radius 1 is 1.25 bits per heavy atom. The minimum absolute atomic E-state index is 0.118. The van der Waals surface area contributed by atoms with Crippen LogP contribution in [0.1, 0.15) is 0 Å². The van der Waals surface area contributed by atoms with Gasteiger partial charge < -0.3 is 14.9 Å². The summed E-state index contributed by atoms with van der Waals surface area (Å²) in [6.07, 6.45) is 1.64. The third-order valence-corrected chi connectivity index (χ3v) is 5.61. The zero-order valence-electron chi connectivity index (χ0n) is 14.5. The number of tetrazole rings is 1. The van der Waals surface area contributed by atoms with E-state index in [1.165, 1.54) is 17.4 Å². The summed E-state index contributed by atoms with van der Waals surface area (Å²) in [5, 5.41) is 21.3. The van der Waals surface area contributed by atoms with Crippen LogP contribution in [-0.4, -0.2) is 62.4 Å². The van der Waals surface area contributed by atoms with Gasteiger partial charge in [-0.3, -0.25) is 4.79 Å². The van der Waals surface area contributed by atoms with Gasteiger partial charge in [0.2, 0.25) is 5.82 Å². The molecule has 0 saturated carbocycles. The van der Waals surface area contributed by atoms with E-state index in [1.54, 1.807) is 18.3 Å². The quantitative estimate of drug-likeness (QED) is 0.665. The molecular formula is C16H15ClFN7O2S. The number of carboxylic acids is 1. The fourth-order valence-corrected chi connectivity index (χ4v) is 3.98. The third-order valence-electron chi connectivity index (χ3n) is 4.27. The molecule has 1 fully saturated rings. The van der Waals surface area contributed by atoms with Crippen LogP contribution in [0.5, 0.6) is 0 Å². The Morgan fingerprint density at radius 3 is 2.75 bits per heavy atom. The lowest BCUT2D eigenvalue weighted by Gasteiger charge is -2.36. The van der Waals surface area contributed by atoms with Crippen LogP contribution in [0.3, 0.4) is 0 Å². The van der Waals surface area contributed by atoms with Crippen LogP contribution in [-0.2, 0) is 11.3 Å². The normalized spacial score (nSPS) is 14.5. The van der Waals surface area contributed by atoms with Gasteiger partial charge in [0.25, 0.3) is 0 Å². The van der Waals surface area contributed by atoms with Crippen LogP contribution >= 0.6 is 22.9 Å². The number of piperazine rings is 1. The SMILES string of the molecule is O=C(O)Cn1nnc(-c2cnc(N3CCN(c4cccc(Cl)c4F)CC3)s2)n1. The maximum Gasteiger partial charge on any atom is 0.327 e. The molecule has 1 saturated heterocycles. The second kappa shape index (κ2) is 7.68. The van der Waals surface area contributed by atoms with Crippen molar-refractivity contribution in [3.8, 4) is 10.7 Å². The van der Waals surface area contributed by atoms with E-state index in [0.717, 1.165) is 9.93 Å². The van der Waals surface area contributed by atoms with Crippen LogP contribution in [0.2, 0.25) is 5.02 Å². The molecule has 1 aliphatic rings. The van der Waals surface area contributed by atoms with E-state index in [1.807, 2.05) is 4.90 Å². The molecule has 0 unspecified atom stereocenters. The van der Waals surface area contributed by atoms with E-state index in [0.29, 0.717) is 42.6 Å². The van der Waals surface area contributed by atoms with Crippen LogP contribution in [0.15, 0.2) is 24.4 Å². The zero-order valence-corrected chi connectivity index (χ0v) is 16.1. The van der Waals surface area contributed by atoms with E-state index < -0.39 is 11.8 Å². The Hall–Kier alpha value is -2.79. The molecule has 0 atom stereocenters. The predicted octanol–water partition coefficient (Wildman–Crippen LogP) is 2.00. The van der Waals surface area contributed by atoms with Gasteiger partial charge in [-0.05, 0) is 17.3 Å². The first-order valence-electron chi connectivity index (χ1n) is 8.41. The number of aliphatic carboxylic acids is 1. The van der Waals surface area contributed by atoms with Crippen LogP contribution < -0.4 is 9.80 Å². The average Bonchev–Trinajstić information content (AvgIpc) is 3.33. The molecular weight excluding hydrogens is 409 g/mol. The number of anilines is 2. The molecule has 28 heavy (non-hydrogen) atoms. The summed E-state index contributed by atoms with van der Waals surface area (Å²) in [7, 11) is 0. The summed E-state index contributed by atoms with van der Waals surface area (Å²) < 4.78 is 14.2. The zero-order chi connectivity index (χ0) is 19.7. The number of nitrogens with zero attached hydrogens (tertiary/aromatic N) is 7. The van der Waals surface area contributed by atoms with Crippen molar-refractivity contribution < 1.29 is 14.3 Å². The number of aromatic nitrogens is 5. The minimum Gasteiger partial charge on any atom is -0.480 e. The molecule has 1 aliphatic heterocycles. The number of thiazole rings is 1. The molecule has 0 bridgehead atoms. The first-order chi connectivity index (χ1) is 13.5. The number of halogens is 2. The van der Waals surface area contributed by atoms with Gasteiger partial charge in [-0.15, -0.1) is 10.2 Å². The Morgan fingerprint density at radius 2 is 2.00 bits per heavy atom. The summed E-state index contributed by atoms with van der Waals surface area (Å²) in [5.74, 6) is -1.10. The standard InChI is InChI=1S/C16H15ClFN7O2S/c17-10-2-1-3-11(14(10)18)23-4-6-24(7-5-23)16-19-8-12(28-16)15-20-22-25(21-15)9-13(26)27/h1-3,8H,4-7,9H2,(H,26,27). The average molecular weight is 424 g/mol. The topological polar surface area (TPSA) is 100 Å². The Balaban J connectivity index is 1.42. The lowest BCUT2D eigenvalue weighted by Crippen LogP contribution is -2.46. The number of rotatable bonds is 5. The van der Waals surface area contributed by atoms with Crippen molar-refractivity contribution in [2.75, 3.05) is 36.0 Å². The molecule has 3 aromatic rings. The highest BCUT2D eigenvalue weighted by molar-refractivity contribution is 7.18. The fraction of sp³-hybridized carbons (Fsp3) is 0.312. The smallest absolute Gasteiger partial charge is 0.327 e. The molecule has 12 heteroatoms. The molecule has 0 aliphatic carbocycles. The van der Waals surface area contributed by atoms with Crippen molar-refractivity contribution in [1.29, 1.82) is 0 Å².